The molecule has 1 atom stereocenters. The summed E-state index contributed by atoms with van der Waals surface area (Å²) < 4.78 is 15.1. The monoisotopic (exact) mass is 467 g/mol. The van der Waals surface area contributed by atoms with E-state index in [1.54, 1.807) is 6.07 Å². The minimum atomic E-state index is -0.202. The van der Waals surface area contributed by atoms with Crippen molar-refractivity contribution >= 4 is 50.9 Å². The first-order valence-electron chi connectivity index (χ1n) is 5.53. The summed E-state index contributed by atoms with van der Waals surface area (Å²) in [7, 11) is 0. The molecule has 0 amide bonds. The zero-order chi connectivity index (χ0) is 13.1. The first-order chi connectivity index (χ1) is 8.56. The minimum absolute atomic E-state index is 0.195. The van der Waals surface area contributed by atoms with Crippen LogP contribution in [0.2, 0.25) is 0 Å². The van der Waals surface area contributed by atoms with Crippen LogP contribution in [0, 0.1) is 13.0 Å². The van der Waals surface area contributed by atoms with Gasteiger partial charge in [-0.25, -0.2) is 4.39 Å². The summed E-state index contributed by atoms with van der Waals surface area (Å²) >= 11 is 4.43. The van der Waals surface area contributed by atoms with Crippen molar-refractivity contribution in [1.29, 1.82) is 0 Å². The molecule has 0 radical (unpaired) electrons. The second-order valence-corrected chi connectivity index (χ2v) is 6.45. The Bertz CT molecular complexity index is 540. The Kier molecular flexibility index (Phi) is 4.83. The van der Waals surface area contributed by atoms with Crippen LogP contribution in [-0.2, 0) is 0 Å². The van der Waals surface area contributed by atoms with Crippen molar-refractivity contribution in [3.05, 3.63) is 61.0 Å². The maximum absolute atomic E-state index is 13.0. The van der Waals surface area contributed by atoms with Gasteiger partial charge < -0.3 is 5.32 Å². The first-order valence-corrected chi connectivity index (χ1v) is 7.69. The van der Waals surface area contributed by atoms with Gasteiger partial charge in [0.1, 0.15) is 5.82 Å². The lowest BCUT2D eigenvalue weighted by atomic mass is 10.1. The van der Waals surface area contributed by atoms with Crippen LogP contribution in [0.1, 0.15) is 18.5 Å². The van der Waals surface area contributed by atoms with Gasteiger partial charge in [-0.15, -0.1) is 0 Å². The Morgan fingerprint density at radius 1 is 1.06 bits per heavy atom. The van der Waals surface area contributed by atoms with Crippen molar-refractivity contribution in [3.63, 3.8) is 0 Å². The van der Waals surface area contributed by atoms with Gasteiger partial charge in [-0.2, -0.15) is 0 Å². The maximum atomic E-state index is 13.0. The molecule has 18 heavy (non-hydrogen) atoms. The lowest BCUT2D eigenvalue weighted by Gasteiger charge is -2.17. The van der Waals surface area contributed by atoms with Gasteiger partial charge in [0.25, 0.3) is 0 Å². The average molecular weight is 467 g/mol. The van der Waals surface area contributed by atoms with Gasteiger partial charge in [0.15, 0.2) is 0 Å². The largest absolute Gasteiger partial charge is 0.378 e. The van der Waals surface area contributed by atoms with E-state index >= 15 is 0 Å². The average Bonchev–Trinajstić information content (AvgIpc) is 2.33. The van der Waals surface area contributed by atoms with Crippen molar-refractivity contribution < 1.29 is 4.39 Å². The van der Waals surface area contributed by atoms with E-state index < -0.39 is 0 Å². The second kappa shape index (κ2) is 6.18. The third-order valence-corrected chi connectivity index (χ3v) is 4.28. The molecule has 0 fully saturated rings. The highest BCUT2D eigenvalue weighted by Crippen LogP contribution is 2.24. The Morgan fingerprint density at radius 2 is 1.72 bits per heavy atom. The van der Waals surface area contributed by atoms with Crippen LogP contribution in [0.3, 0.4) is 0 Å². The van der Waals surface area contributed by atoms with E-state index in [0.29, 0.717) is 0 Å². The number of anilines is 1. The molecule has 1 N–H and O–H groups in total. The van der Waals surface area contributed by atoms with E-state index in [1.807, 2.05) is 0 Å². The van der Waals surface area contributed by atoms with E-state index in [-0.39, 0.29) is 11.9 Å². The molecule has 1 unspecified atom stereocenters. The number of nitrogens with one attached hydrogen (secondary N) is 1. The highest BCUT2D eigenvalue weighted by Gasteiger charge is 2.07. The molecule has 0 spiro atoms. The fourth-order valence-corrected chi connectivity index (χ4v) is 2.67. The molecule has 2 rings (SSSR count). The van der Waals surface area contributed by atoms with Crippen molar-refractivity contribution in [2.45, 2.75) is 13.0 Å². The van der Waals surface area contributed by atoms with Crippen LogP contribution in [0.25, 0.3) is 0 Å². The molecule has 0 aliphatic carbocycles. The van der Waals surface area contributed by atoms with Gasteiger partial charge in [0.2, 0.25) is 0 Å². The first kappa shape index (κ1) is 14.0. The summed E-state index contributed by atoms with van der Waals surface area (Å²) in [5.41, 5.74) is 2.18. The Balaban J connectivity index is 2.15. The van der Waals surface area contributed by atoms with Crippen LogP contribution in [0.5, 0.6) is 0 Å². The summed E-state index contributed by atoms with van der Waals surface area (Å²) in [5.74, 6) is -0.202. The molecule has 0 saturated heterocycles. The van der Waals surface area contributed by atoms with Gasteiger partial charge in [-0.1, -0.05) is 12.1 Å². The summed E-state index contributed by atoms with van der Waals surface area (Å²) in [6.45, 7) is 2.10. The fraction of sp³-hybridized carbons (Fsp3) is 0.143. The van der Waals surface area contributed by atoms with E-state index in [0.717, 1.165) is 9.26 Å². The fourth-order valence-electron chi connectivity index (χ4n) is 1.67. The van der Waals surface area contributed by atoms with Crippen LogP contribution in [0.15, 0.2) is 42.5 Å². The van der Waals surface area contributed by atoms with Gasteiger partial charge in [-0.3, -0.25) is 0 Å². The van der Waals surface area contributed by atoms with Gasteiger partial charge in [0.05, 0.1) is 0 Å². The van der Waals surface area contributed by atoms with Gasteiger partial charge in [-0.05, 0) is 88.0 Å². The quantitative estimate of drug-likeness (QED) is 0.612. The third-order valence-electron chi connectivity index (χ3n) is 2.67. The number of hydrogen-bond donors (Lipinski definition) is 1. The Hall–Kier alpha value is -0.370. The van der Waals surface area contributed by atoms with E-state index in [4.69, 9.17) is 0 Å². The molecule has 2 aromatic carbocycles. The summed E-state index contributed by atoms with van der Waals surface area (Å²) in [6, 6.07) is 13.4. The van der Waals surface area contributed by atoms with Crippen molar-refractivity contribution in [2.75, 3.05) is 5.32 Å². The predicted octanol–water partition coefficient (Wildman–Crippen LogP) is 5.21. The molecular weight excluding hydrogens is 455 g/mol. The number of benzene rings is 2. The molecule has 2 aromatic rings. The Labute approximate surface area is 133 Å². The zero-order valence-electron chi connectivity index (χ0n) is 9.75. The number of halogens is 3. The van der Waals surface area contributed by atoms with E-state index in [9.17, 15) is 4.39 Å². The third kappa shape index (κ3) is 3.57. The SMILES string of the molecule is CC(Nc1ccc(F)cc1I)c1ccc(I)cc1. The van der Waals surface area contributed by atoms with Crippen molar-refractivity contribution in [3.8, 4) is 0 Å². The highest BCUT2D eigenvalue weighted by atomic mass is 127. The van der Waals surface area contributed by atoms with Crippen LogP contribution in [0.4, 0.5) is 10.1 Å². The molecule has 0 aliphatic heterocycles. The molecule has 94 valence electrons. The molecule has 0 aliphatic rings. The number of rotatable bonds is 3. The lowest BCUT2D eigenvalue weighted by Crippen LogP contribution is -2.07. The predicted molar refractivity (Wildman–Crippen MR) is 90.3 cm³/mol. The molecule has 0 saturated carbocycles. The smallest absolute Gasteiger partial charge is 0.124 e. The molecule has 0 heterocycles. The van der Waals surface area contributed by atoms with E-state index in [1.165, 1.54) is 21.3 Å². The van der Waals surface area contributed by atoms with Crippen molar-refractivity contribution in [2.24, 2.45) is 0 Å². The van der Waals surface area contributed by atoms with Crippen LogP contribution in [-0.4, -0.2) is 0 Å². The van der Waals surface area contributed by atoms with Gasteiger partial charge >= 0.3 is 0 Å². The van der Waals surface area contributed by atoms with Crippen molar-refractivity contribution in [1.82, 2.24) is 0 Å². The standard InChI is InChI=1S/C14H12FI2N/c1-9(10-2-5-12(16)6-3-10)18-14-7-4-11(15)8-13(14)17/h2-9,18H,1H3. The number of hydrogen-bond acceptors (Lipinski definition) is 1. The summed E-state index contributed by atoms with van der Waals surface area (Å²) in [5, 5.41) is 3.40. The Morgan fingerprint density at radius 3 is 2.33 bits per heavy atom. The molecule has 0 aromatic heterocycles. The molecular formula is C14H12FI2N. The van der Waals surface area contributed by atoms with Crippen LogP contribution >= 0.6 is 45.2 Å². The summed E-state index contributed by atoms with van der Waals surface area (Å²) in [6.07, 6.45) is 0. The summed E-state index contributed by atoms with van der Waals surface area (Å²) in [4.78, 5) is 0. The second-order valence-electron chi connectivity index (χ2n) is 4.04. The maximum Gasteiger partial charge on any atom is 0.124 e. The minimum Gasteiger partial charge on any atom is -0.378 e. The van der Waals surface area contributed by atoms with E-state index in [2.05, 4.69) is 81.7 Å². The normalized spacial score (nSPS) is 12.2. The van der Waals surface area contributed by atoms with Gasteiger partial charge in [0, 0.05) is 18.9 Å². The topological polar surface area (TPSA) is 12.0 Å². The van der Waals surface area contributed by atoms with Crippen LogP contribution < -0.4 is 5.32 Å². The molecule has 0 bridgehead atoms. The zero-order valence-corrected chi connectivity index (χ0v) is 14.1. The highest BCUT2D eigenvalue weighted by molar-refractivity contribution is 14.1. The molecule has 1 nitrogen and oxygen atoms in total. The molecule has 4 heteroatoms. The lowest BCUT2D eigenvalue weighted by molar-refractivity contribution is 0.627.